The second-order valence-corrected chi connectivity index (χ2v) is 6.92. The van der Waals surface area contributed by atoms with Crippen LogP contribution in [-0.2, 0) is 0 Å². The van der Waals surface area contributed by atoms with Gasteiger partial charge in [0, 0.05) is 42.2 Å². The average molecular weight is 376 g/mol. The fraction of sp³-hybridized carbons (Fsp3) is 0.263. The molecule has 7 heteroatoms. The van der Waals surface area contributed by atoms with E-state index in [2.05, 4.69) is 0 Å². The van der Waals surface area contributed by atoms with Crippen molar-refractivity contribution in [2.24, 2.45) is 0 Å². The first-order valence-corrected chi connectivity index (χ1v) is 9.11. The largest absolute Gasteiger partial charge is 0.335 e. The third-order valence-electron chi connectivity index (χ3n) is 4.20. The molecule has 4 nitrogen and oxygen atoms in total. The van der Waals surface area contributed by atoms with Crippen LogP contribution in [0, 0.1) is 0 Å². The molecule has 0 atom stereocenters. The number of hydrogen-bond donors (Lipinski definition) is 0. The van der Waals surface area contributed by atoms with Gasteiger partial charge in [0.25, 0.3) is 17.6 Å². The highest BCUT2D eigenvalue weighted by Crippen LogP contribution is 2.25. The summed E-state index contributed by atoms with van der Waals surface area (Å²) in [5.74, 6) is -2.66. The van der Waals surface area contributed by atoms with Crippen molar-refractivity contribution in [1.82, 2.24) is 9.80 Å². The van der Waals surface area contributed by atoms with E-state index in [-0.39, 0.29) is 11.8 Å². The summed E-state index contributed by atoms with van der Waals surface area (Å²) in [6, 6.07) is 15.2. The lowest BCUT2D eigenvalue weighted by Gasteiger charge is -2.35. The van der Waals surface area contributed by atoms with E-state index in [4.69, 9.17) is 0 Å². The summed E-state index contributed by atoms with van der Waals surface area (Å²) in [5, 5.41) is 0. The maximum Gasteiger partial charge on any atom is 0.288 e. The molecule has 1 saturated heterocycles. The molecule has 0 unspecified atom stereocenters. The zero-order chi connectivity index (χ0) is 18.5. The predicted octanol–water partition coefficient (Wildman–Crippen LogP) is 3.60. The van der Waals surface area contributed by atoms with Crippen LogP contribution < -0.4 is 0 Å². The zero-order valence-corrected chi connectivity index (χ0v) is 14.8. The lowest BCUT2D eigenvalue weighted by molar-refractivity contribution is 0.0535. The van der Waals surface area contributed by atoms with Gasteiger partial charge in [-0.2, -0.15) is 8.78 Å². The molecule has 1 aliphatic heterocycles. The number of amides is 2. The predicted molar refractivity (Wildman–Crippen MR) is 96.6 cm³/mol. The fourth-order valence-electron chi connectivity index (χ4n) is 2.84. The van der Waals surface area contributed by atoms with Gasteiger partial charge < -0.3 is 9.80 Å². The third kappa shape index (κ3) is 4.40. The minimum atomic E-state index is -2.48. The Balaban J connectivity index is 1.57. The van der Waals surface area contributed by atoms with E-state index in [0.717, 1.165) is 0 Å². The molecule has 2 aromatic carbocycles. The Labute approximate surface area is 154 Å². The van der Waals surface area contributed by atoms with Gasteiger partial charge >= 0.3 is 0 Å². The third-order valence-corrected chi connectivity index (χ3v) is 4.92. The lowest BCUT2D eigenvalue weighted by Crippen LogP contribution is -2.50. The number of halogens is 2. The minimum Gasteiger partial charge on any atom is -0.335 e. The maximum absolute atomic E-state index is 12.5. The summed E-state index contributed by atoms with van der Waals surface area (Å²) in [5.41, 5.74) is 1.10. The molecule has 0 radical (unpaired) electrons. The molecule has 0 bridgehead atoms. The van der Waals surface area contributed by atoms with Crippen LogP contribution in [0.4, 0.5) is 8.78 Å². The monoisotopic (exact) mass is 376 g/mol. The molecule has 2 amide bonds. The highest BCUT2D eigenvalue weighted by atomic mass is 32.2. The molecular weight excluding hydrogens is 358 g/mol. The van der Waals surface area contributed by atoms with E-state index in [1.165, 1.54) is 12.1 Å². The van der Waals surface area contributed by atoms with Crippen molar-refractivity contribution in [2.75, 3.05) is 26.2 Å². The number of piperazine rings is 1. The standard InChI is InChI=1S/C19H18F2N2O2S/c20-19(21)26-16-8-6-15(7-9-16)18(25)23-12-10-22(11-13-23)17(24)14-4-2-1-3-5-14/h1-9,19H,10-13H2. The molecule has 0 saturated carbocycles. The van der Waals surface area contributed by atoms with Gasteiger partial charge in [-0.1, -0.05) is 30.0 Å². The Hall–Kier alpha value is -2.41. The first kappa shape index (κ1) is 18.4. The molecule has 1 heterocycles. The van der Waals surface area contributed by atoms with Crippen LogP contribution in [0.3, 0.4) is 0 Å². The quantitative estimate of drug-likeness (QED) is 0.766. The van der Waals surface area contributed by atoms with Gasteiger partial charge in [-0.3, -0.25) is 9.59 Å². The highest BCUT2D eigenvalue weighted by Gasteiger charge is 2.25. The zero-order valence-electron chi connectivity index (χ0n) is 14.0. The Morgan fingerprint density at radius 1 is 0.769 bits per heavy atom. The molecule has 1 aliphatic rings. The molecule has 1 fully saturated rings. The number of thioether (sulfide) groups is 1. The Morgan fingerprint density at radius 3 is 1.69 bits per heavy atom. The van der Waals surface area contributed by atoms with Gasteiger partial charge in [-0.05, 0) is 36.4 Å². The van der Waals surface area contributed by atoms with Crippen LogP contribution >= 0.6 is 11.8 Å². The summed E-state index contributed by atoms with van der Waals surface area (Å²) in [4.78, 5) is 28.8. The Kier molecular flexibility index (Phi) is 5.88. The topological polar surface area (TPSA) is 40.6 Å². The smallest absolute Gasteiger partial charge is 0.288 e. The van der Waals surface area contributed by atoms with Crippen molar-refractivity contribution < 1.29 is 18.4 Å². The summed E-state index contributed by atoms with van der Waals surface area (Å²) in [6.45, 7) is 1.84. The van der Waals surface area contributed by atoms with Gasteiger partial charge in [0.1, 0.15) is 0 Å². The summed E-state index contributed by atoms with van der Waals surface area (Å²) in [7, 11) is 0. The molecular formula is C19H18F2N2O2S. The van der Waals surface area contributed by atoms with Crippen LogP contribution in [-0.4, -0.2) is 53.6 Å². The van der Waals surface area contributed by atoms with E-state index in [0.29, 0.717) is 54.0 Å². The van der Waals surface area contributed by atoms with Gasteiger partial charge in [0.05, 0.1) is 0 Å². The van der Waals surface area contributed by atoms with Crippen molar-refractivity contribution in [1.29, 1.82) is 0 Å². The Morgan fingerprint density at radius 2 is 1.23 bits per heavy atom. The second kappa shape index (κ2) is 8.31. The number of benzene rings is 2. The van der Waals surface area contributed by atoms with Crippen molar-refractivity contribution in [3.05, 3.63) is 65.7 Å². The van der Waals surface area contributed by atoms with Crippen LogP contribution in [0.5, 0.6) is 0 Å². The van der Waals surface area contributed by atoms with Crippen LogP contribution in [0.25, 0.3) is 0 Å². The summed E-state index contributed by atoms with van der Waals surface area (Å²) < 4.78 is 24.7. The van der Waals surface area contributed by atoms with Gasteiger partial charge in [-0.15, -0.1) is 0 Å². The number of carbonyl (C=O) groups excluding carboxylic acids is 2. The first-order valence-electron chi connectivity index (χ1n) is 8.23. The average Bonchev–Trinajstić information content (AvgIpc) is 2.68. The normalized spacial score (nSPS) is 14.6. The number of rotatable bonds is 4. The van der Waals surface area contributed by atoms with Crippen molar-refractivity contribution in [2.45, 2.75) is 10.7 Å². The number of carbonyl (C=O) groups is 2. The number of hydrogen-bond acceptors (Lipinski definition) is 3. The SMILES string of the molecule is O=C(c1ccccc1)N1CCN(C(=O)c2ccc(SC(F)F)cc2)CC1. The first-order chi connectivity index (χ1) is 12.5. The van der Waals surface area contributed by atoms with Crippen molar-refractivity contribution in [3.63, 3.8) is 0 Å². The van der Waals surface area contributed by atoms with Crippen LogP contribution in [0.15, 0.2) is 59.5 Å². The van der Waals surface area contributed by atoms with E-state index >= 15 is 0 Å². The lowest BCUT2D eigenvalue weighted by atomic mass is 10.1. The van der Waals surface area contributed by atoms with Gasteiger partial charge in [0.15, 0.2) is 0 Å². The van der Waals surface area contributed by atoms with Crippen LogP contribution in [0.1, 0.15) is 20.7 Å². The van der Waals surface area contributed by atoms with Crippen molar-refractivity contribution >= 4 is 23.6 Å². The Bertz CT molecular complexity index is 761. The minimum absolute atomic E-state index is 0.0360. The van der Waals surface area contributed by atoms with Crippen LogP contribution in [0.2, 0.25) is 0 Å². The summed E-state index contributed by atoms with van der Waals surface area (Å²) >= 11 is 0.453. The molecule has 3 rings (SSSR count). The molecule has 0 aliphatic carbocycles. The maximum atomic E-state index is 12.5. The highest BCUT2D eigenvalue weighted by molar-refractivity contribution is 7.99. The fourth-order valence-corrected chi connectivity index (χ4v) is 3.34. The van der Waals surface area contributed by atoms with Gasteiger partial charge in [-0.25, -0.2) is 0 Å². The second-order valence-electron chi connectivity index (χ2n) is 5.85. The number of nitrogens with zero attached hydrogens (tertiary/aromatic N) is 2. The van der Waals surface area contributed by atoms with E-state index in [1.807, 2.05) is 18.2 Å². The number of alkyl halides is 2. The molecule has 2 aromatic rings. The van der Waals surface area contributed by atoms with E-state index in [9.17, 15) is 18.4 Å². The molecule has 0 N–H and O–H groups in total. The molecule has 26 heavy (non-hydrogen) atoms. The molecule has 0 aromatic heterocycles. The molecule has 136 valence electrons. The van der Waals surface area contributed by atoms with E-state index < -0.39 is 5.76 Å². The summed E-state index contributed by atoms with van der Waals surface area (Å²) in [6.07, 6.45) is 0. The van der Waals surface area contributed by atoms with Crippen molar-refractivity contribution in [3.8, 4) is 0 Å². The van der Waals surface area contributed by atoms with E-state index in [1.54, 1.807) is 34.1 Å². The molecule has 0 spiro atoms. The van der Waals surface area contributed by atoms with Gasteiger partial charge in [0.2, 0.25) is 0 Å².